The summed E-state index contributed by atoms with van der Waals surface area (Å²) < 4.78 is 11.2. The first-order chi connectivity index (χ1) is 12.3. The molecule has 2 aromatic rings. The van der Waals surface area contributed by atoms with Gasteiger partial charge in [-0.3, -0.25) is 9.59 Å². The van der Waals surface area contributed by atoms with E-state index in [1.54, 1.807) is 48.5 Å². The van der Waals surface area contributed by atoms with Gasteiger partial charge in [-0.2, -0.15) is 0 Å². The van der Waals surface area contributed by atoms with Gasteiger partial charge in [-0.25, -0.2) is 0 Å². The van der Waals surface area contributed by atoms with Gasteiger partial charge in [0.15, 0.2) is 5.75 Å². The molecule has 2 N–H and O–H groups in total. The smallest absolute Gasteiger partial charge is 0.309 e. The molecule has 0 aliphatic rings. The lowest BCUT2D eigenvalue weighted by atomic mass is 9.89. The third-order valence-corrected chi connectivity index (χ3v) is 3.71. The highest BCUT2D eigenvalue weighted by Gasteiger charge is 2.30. The van der Waals surface area contributed by atoms with Crippen molar-refractivity contribution in [2.24, 2.45) is 5.41 Å². The molecule has 0 heterocycles. The van der Waals surface area contributed by atoms with Crippen molar-refractivity contribution in [2.75, 3.05) is 11.9 Å². The van der Waals surface area contributed by atoms with Crippen molar-refractivity contribution in [3.8, 4) is 17.2 Å². The molecule has 26 heavy (non-hydrogen) atoms. The van der Waals surface area contributed by atoms with Crippen molar-refractivity contribution in [1.29, 1.82) is 0 Å². The topological polar surface area (TPSA) is 84.9 Å². The number of rotatable bonds is 8. The average Bonchev–Trinajstić information content (AvgIpc) is 2.58. The van der Waals surface area contributed by atoms with Crippen molar-refractivity contribution in [2.45, 2.75) is 27.2 Å². The average molecular weight is 357 g/mol. The van der Waals surface area contributed by atoms with Crippen molar-refractivity contribution < 1.29 is 24.2 Å². The van der Waals surface area contributed by atoms with Crippen LogP contribution < -0.4 is 14.8 Å². The minimum atomic E-state index is -1.14. The molecule has 0 aliphatic carbocycles. The Morgan fingerprint density at radius 3 is 2.27 bits per heavy atom. The zero-order valence-corrected chi connectivity index (χ0v) is 15.1. The molecule has 2 rings (SSSR count). The van der Waals surface area contributed by atoms with E-state index in [4.69, 9.17) is 14.6 Å². The number of hydrogen-bond donors (Lipinski definition) is 2. The molecular formula is C20H23NO5. The lowest BCUT2D eigenvalue weighted by molar-refractivity contribution is -0.148. The van der Waals surface area contributed by atoms with Gasteiger partial charge in [0.05, 0.1) is 17.7 Å². The summed E-state index contributed by atoms with van der Waals surface area (Å²) in [6.07, 6.45) is -0.139. The molecule has 0 unspecified atom stereocenters. The van der Waals surface area contributed by atoms with E-state index in [1.807, 2.05) is 6.92 Å². The summed E-state index contributed by atoms with van der Waals surface area (Å²) in [6.45, 7) is 5.52. The number of carbonyl (C=O) groups is 2. The Morgan fingerprint density at radius 2 is 1.65 bits per heavy atom. The van der Waals surface area contributed by atoms with E-state index < -0.39 is 11.4 Å². The highest BCUT2D eigenvalue weighted by atomic mass is 16.5. The molecule has 6 nitrogen and oxygen atoms in total. The van der Waals surface area contributed by atoms with Gasteiger partial charge in [-0.05, 0) is 57.2 Å². The van der Waals surface area contributed by atoms with Gasteiger partial charge in [-0.15, -0.1) is 0 Å². The van der Waals surface area contributed by atoms with Crippen LogP contribution in [0.4, 0.5) is 5.69 Å². The Labute approximate surface area is 152 Å². The van der Waals surface area contributed by atoms with Crippen LogP contribution in [0.1, 0.15) is 27.2 Å². The number of benzene rings is 2. The molecule has 0 radical (unpaired) electrons. The van der Waals surface area contributed by atoms with E-state index in [-0.39, 0.29) is 12.3 Å². The van der Waals surface area contributed by atoms with Crippen LogP contribution in [0.2, 0.25) is 0 Å². The molecule has 0 aliphatic heterocycles. The Kier molecular flexibility index (Phi) is 6.22. The molecule has 138 valence electrons. The van der Waals surface area contributed by atoms with Crippen LogP contribution in [0, 0.1) is 5.41 Å². The number of ether oxygens (including phenoxy) is 2. The lowest BCUT2D eigenvalue weighted by Gasteiger charge is -2.19. The van der Waals surface area contributed by atoms with Crippen LogP contribution in [-0.2, 0) is 9.59 Å². The number of para-hydroxylation sites is 2. The lowest BCUT2D eigenvalue weighted by Crippen LogP contribution is -2.29. The van der Waals surface area contributed by atoms with Gasteiger partial charge >= 0.3 is 5.97 Å². The summed E-state index contributed by atoms with van der Waals surface area (Å²) in [7, 11) is 0. The van der Waals surface area contributed by atoms with Gasteiger partial charge < -0.3 is 19.9 Å². The van der Waals surface area contributed by atoms with Crippen molar-refractivity contribution in [3.05, 3.63) is 48.5 Å². The molecule has 0 aromatic heterocycles. The minimum absolute atomic E-state index is 0.139. The van der Waals surface area contributed by atoms with E-state index in [9.17, 15) is 9.59 Å². The Bertz CT molecular complexity index is 768. The maximum Gasteiger partial charge on any atom is 0.309 e. The predicted octanol–water partition coefficient (Wildman–Crippen LogP) is 4.32. The number of amides is 1. The zero-order valence-electron chi connectivity index (χ0n) is 15.1. The maximum atomic E-state index is 12.2. The summed E-state index contributed by atoms with van der Waals surface area (Å²) in [5.74, 6) is 0.406. The van der Waals surface area contributed by atoms with E-state index in [0.717, 1.165) is 5.75 Å². The van der Waals surface area contributed by atoms with Crippen LogP contribution in [0.3, 0.4) is 0 Å². The molecule has 0 bridgehead atoms. The van der Waals surface area contributed by atoms with E-state index >= 15 is 0 Å². The molecule has 0 spiro atoms. The van der Waals surface area contributed by atoms with Gasteiger partial charge in [0.2, 0.25) is 5.91 Å². The molecule has 0 saturated heterocycles. The second-order valence-electron chi connectivity index (χ2n) is 6.42. The van der Waals surface area contributed by atoms with Crippen LogP contribution in [0.25, 0.3) is 0 Å². The maximum absolute atomic E-state index is 12.2. The first kappa shape index (κ1) is 19.3. The summed E-state index contributed by atoms with van der Waals surface area (Å²) >= 11 is 0. The highest BCUT2D eigenvalue weighted by molar-refractivity contribution is 5.95. The summed E-state index contributed by atoms with van der Waals surface area (Å²) in [6, 6.07) is 14.1. The quantitative estimate of drug-likeness (QED) is 0.735. The van der Waals surface area contributed by atoms with Crippen molar-refractivity contribution in [1.82, 2.24) is 0 Å². The first-order valence-electron chi connectivity index (χ1n) is 8.35. The molecule has 6 heteroatoms. The van der Waals surface area contributed by atoms with E-state index in [1.165, 1.54) is 13.8 Å². The predicted molar refractivity (Wildman–Crippen MR) is 98.8 cm³/mol. The first-order valence-corrected chi connectivity index (χ1v) is 8.35. The fraction of sp³-hybridized carbons (Fsp3) is 0.300. The number of nitrogens with one attached hydrogen (secondary N) is 1. The number of carbonyl (C=O) groups excluding carboxylic acids is 1. The number of carboxylic acids is 1. The van der Waals surface area contributed by atoms with Crippen molar-refractivity contribution >= 4 is 17.6 Å². The zero-order chi connectivity index (χ0) is 19.2. The second-order valence-corrected chi connectivity index (χ2v) is 6.42. The highest BCUT2D eigenvalue weighted by Crippen LogP contribution is 2.31. The normalized spacial score (nSPS) is 10.9. The molecular weight excluding hydrogens is 334 g/mol. The summed E-state index contributed by atoms with van der Waals surface area (Å²) in [5.41, 5.74) is -0.665. The van der Waals surface area contributed by atoms with E-state index in [0.29, 0.717) is 23.8 Å². The fourth-order valence-electron chi connectivity index (χ4n) is 2.23. The Morgan fingerprint density at radius 1 is 1.04 bits per heavy atom. The van der Waals surface area contributed by atoms with Gasteiger partial charge in [0.25, 0.3) is 0 Å². The minimum Gasteiger partial charge on any atom is -0.494 e. The second kappa shape index (κ2) is 8.38. The number of hydrogen-bond acceptors (Lipinski definition) is 4. The van der Waals surface area contributed by atoms with Crippen LogP contribution in [-0.4, -0.2) is 23.6 Å². The van der Waals surface area contributed by atoms with Crippen LogP contribution in [0.5, 0.6) is 17.2 Å². The van der Waals surface area contributed by atoms with Gasteiger partial charge in [0.1, 0.15) is 11.5 Å². The van der Waals surface area contributed by atoms with Gasteiger partial charge in [0, 0.05) is 6.42 Å². The standard InChI is InChI=1S/C20H23NO5/c1-4-25-14-9-11-15(12-10-14)26-17-8-6-5-7-16(17)21-18(22)13-20(2,3)19(23)24/h5-12H,4,13H2,1-3H3,(H,21,22)(H,23,24). The largest absolute Gasteiger partial charge is 0.494 e. The fourth-order valence-corrected chi connectivity index (χ4v) is 2.23. The Hall–Kier alpha value is -3.02. The van der Waals surface area contributed by atoms with Crippen LogP contribution >= 0.6 is 0 Å². The molecule has 2 aromatic carbocycles. The number of carboxylic acid groups (broad SMARTS) is 1. The summed E-state index contributed by atoms with van der Waals surface area (Å²) in [4.78, 5) is 23.4. The number of aliphatic carboxylic acids is 1. The monoisotopic (exact) mass is 357 g/mol. The number of anilines is 1. The van der Waals surface area contributed by atoms with Gasteiger partial charge in [-0.1, -0.05) is 12.1 Å². The summed E-state index contributed by atoms with van der Waals surface area (Å²) in [5, 5.41) is 11.9. The Balaban J connectivity index is 2.10. The van der Waals surface area contributed by atoms with Crippen LogP contribution in [0.15, 0.2) is 48.5 Å². The molecule has 0 atom stereocenters. The third kappa shape index (κ3) is 5.24. The molecule has 0 fully saturated rings. The molecule has 0 saturated carbocycles. The molecule has 1 amide bonds. The van der Waals surface area contributed by atoms with Crippen molar-refractivity contribution in [3.63, 3.8) is 0 Å². The third-order valence-electron chi connectivity index (χ3n) is 3.71. The SMILES string of the molecule is CCOc1ccc(Oc2ccccc2NC(=O)CC(C)(C)C(=O)O)cc1. The van der Waals surface area contributed by atoms with E-state index in [2.05, 4.69) is 5.32 Å².